The van der Waals surface area contributed by atoms with Gasteiger partial charge in [0.25, 0.3) is 5.92 Å². The van der Waals surface area contributed by atoms with Crippen LogP contribution >= 0.6 is 11.6 Å². The predicted molar refractivity (Wildman–Crippen MR) is 172 cm³/mol. The van der Waals surface area contributed by atoms with Gasteiger partial charge in [-0.25, -0.2) is 13.8 Å². The van der Waals surface area contributed by atoms with E-state index in [9.17, 15) is 28.7 Å². The van der Waals surface area contributed by atoms with Gasteiger partial charge in [-0.05, 0) is 81.5 Å². The summed E-state index contributed by atoms with van der Waals surface area (Å²) < 4.78 is 34.7. The number of fused-ring (bicyclic) bond motifs is 1. The van der Waals surface area contributed by atoms with Gasteiger partial charge in [-0.15, -0.1) is 0 Å². The second-order valence-electron chi connectivity index (χ2n) is 14.9. The molecule has 0 amide bonds. The zero-order valence-corrected chi connectivity index (χ0v) is 27.4. The maximum atomic E-state index is 14.2. The quantitative estimate of drug-likeness (QED) is 0.202. The molecule has 9 heteroatoms. The summed E-state index contributed by atoms with van der Waals surface area (Å²) >= 11 is 6.24. The second-order valence-corrected chi connectivity index (χ2v) is 15.3. The number of pyridine rings is 1. The Bertz CT molecular complexity index is 1800. The van der Waals surface area contributed by atoms with E-state index in [1.165, 1.54) is 0 Å². The minimum atomic E-state index is -2.97. The van der Waals surface area contributed by atoms with Crippen LogP contribution in [0.4, 0.5) is 8.78 Å². The van der Waals surface area contributed by atoms with E-state index in [2.05, 4.69) is 12.1 Å². The Kier molecular flexibility index (Phi) is 8.05. The van der Waals surface area contributed by atoms with Crippen LogP contribution in [0, 0.1) is 35.5 Å². The van der Waals surface area contributed by atoms with E-state index in [1.807, 2.05) is 26.8 Å². The topological polar surface area (TPSA) is 104 Å². The van der Waals surface area contributed by atoms with Crippen LogP contribution in [-0.4, -0.2) is 33.2 Å². The third-order valence-electron chi connectivity index (χ3n) is 10.4. The number of carbonyl (C=O) groups excluding carboxylic acids is 2. The van der Waals surface area contributed by atoms with E-state index in [4.69, 9.17) is 21.0 Å². The average Bonchev–Trinajstić information content (AvgIpc) is 3.39. The number of furan rings is 1. The van der Waals surface area contributed by atoms with E-state index in [0.29, 0.717) is 65.9 Å². The normalized spacial score (nSPS) is 26.5. The Morgan fingerprint density at radius 3 is 2.50 bits per heavy atom. The molecular formula is C37H39ClF2N2O4. The summed E-state index contributed by atoms with van der Waals surface area (Å²) in [5, 5.41) is 20.8. The number of carbonyl (C=O) groups is 2. The number of nitrogens with zero attached hydrogens (tertiary/aromatic N) is 2. The van der Waals surface area contributed by atoms with Gasteiger partial charge in [-0.2, -0.15) is 5.26 Å². The first-order chi connectivity index (χ1) is 21.5. The van der Waals surface area contributed by atoms with Crippen LogP contribution in [0.3, 0.4) is 0 Å². The first-order valence-corrected chi connectivity index (χ1v) is 16.4. The second kappa shape index (κ2) is 11.4. The summed E-state index contributed by atoms with van der Waals surface area (Å²) in [6.45, 7) is 7.69. The molecule has 3 aromatic rings. The molecule has 2 saturated carbocycles. The Morgan fingerprint density at radius 2 is 1.87 bits per heavy atom. The Morgan fingerprint density at radius 1 is 1.15 bits per heavy atom. The first kappa shape index (κ1) is 32.5. The van der Waals surface area contributed by atoms with Crippen molar-refractivity contribution in [3.63, 3.8) is 0 Å². The number of benzene rings is 1. The largest absolute Gasteiger partial charge is 0.451 e. The van der Waals surface area contributed by atoms with Gasteiger partial charge in [-0.1, -0.05) is 43.2 Å². The number of aliphatic hydroxyl groups is 1. The lowest BCUT2D eigenvalue weighted by molar-refractivity contribution is -0.136. The highest BCUT2D eigenvalue weighted by Crippen LogP contribution is 2.55. The van der Waals surface area contributed by atoms with E-state index in [1.54, 1.807) is 31.2 Å². The fourth-order valence-electron chi connectivity index (χ4n) is 7.60. The summed E-state index contributed by atoms with van der Waals surface area (Å²) in [4.78, 5) is 31.7. The van der Waals surface area contributed by atoms with E-state index in [-0.39, 0.29) is 34.7 Å². The average molecular weight is 649 g/mol. The molecule has 0 aliphatic heterocycles. The number of hydrogen-bond acceptors (Lipinski definition) is 6. The van der Waals surface area contributed by atoms with Gasteiger partial charge in [0.15, 0.2) is 11.3 Å². The molecule has 2 heterocycles. The molecule has 6 rings (SSSR count). The van der Waals surface area contributed by atoms with Gasteiger partial charge in [0.2, 0.25) is 5.78 Å². The number of halogens is 3. The predicted octanol–water partition coefficient (Wildman–Crippen LogP) is 9.09. The third kappa shape index (κ3) is 6.04. The SMILES string of the molecule is Cc1cc(-c2cc(C3(C#N)CC(F)(F)C3)c3oc(C(=O)C4CCCC(CC(=O)C5CC(C)(O)C5)=CCC4(C)C)cc3n2)ccc1Cl. The van der Waals surface area contributed by atoms with Crippen LogP contribution in [-0.2, 0) is 10.2 Å². The molecule has 1 atom stereocenters. The lowest BCUT2D eigenvalue weighted by Crippen LogP contribution is -2.48. The van der Waals surface area contributed by atoms with Crippen molar-refractivity contribution in [2.24, 2.45) is 17.3 Å². The summed E-state index contributed by atoms with van der Waals surface area (Å²) in [5.41, 5.74) is 1.28. The summed E-state index contributed by atoms with van der Waals surface area (Å²) in [6, 6.07) is 10.7. The Labute approximate surface area is 272 Å². The van der Waals surface area contributed by atoms with Gasteiger partial charge in [-0.3, -0.25) is 9.59 Å². The summed E-state index contributed by atoms with van der Waals surface area (Å²) in [7, 11) is 0. The number of aryl methyl sites for hydroxylation is 1. The van der Waals surface area contributed by atoms with Gasteiger partial charge >= 0.3 is 0 Å². The Balaban J connectivity index is 1.31. The lowest BCUT2D eigenvalue weighted by Gasteiger charge is -2.42. The zero-order valence-electron chi connectivity index (χ0n) is 26.7. The molecule has 1 N–H and O–H groups in total. The number of allylic oxidation sites excluding steroid dienone is 2. The van der Waals surface area contributed by atoms with Crippen LogP contribution in [0.1, 0.15) is 100 Å². The van der Waals surface area contributed by atoms with Crippen molar-refractivity contribution < 1.29 is 27.9 Å². The van der Waals surface area contributed by atoms with Crippen LogP contribution in [0.2, 0.25) is 5.02 Å². The highest BCUT2D eigenvalue weighted by Gasteiger charge is 2.59. The molecule has 0 bridgehead atoms. The minimum Gasteiger partial charge on any atom is -0.451 e. The zero-order chi connectivity index (χ0) is 33.2. The van der Waals surface area contributed by atoms with Crippen molar-refractivity contribution in [3.8, 4) is 17.3 Å². The Hall–Kier alpha value is -3.41. The minimum absolute atomic E-state index is 0.0918. The van der Waals surface area contributed by atoms with E-state index >= 15 is 0 Å². The molecular weight excluding hydrogens is 610 g/mol. The molecule has 0 radical (unpaired) electrons. The lowest BCUT2D eigenvalue weighted by atomic mass is 9.63. The standard InChI is InChI=1S/C37H39ClF2N2O4/c1-21-12-23(8-9-27(21)38)28-14-26(36(20-41)18-37(39,40)19-36)33-29(42-28)15-31(46-33)32(44)25-7-5-6-22(10-11-34(25,2)3)13-30(43)24-16-35(4,45)17-24/h8-10,12,14-15,24-25,45H,5-7,11,13,16-19H2,1-4H3. The van der Waals surface area contributed by atoms with Crippen LogP contribution in [0.15, 0.2) is 46.4 Å². The smallest absolute Gasteiger partial charge is 0.251 e. The molecule has 1 aromatic carbocycles. The molecule has 0 saturated heterocycles. The summed E-state index contributed by atoms with van der Waals surface area (Å²) in [5.74, 6) is -3.37. The summed E-state index contributed by atoms with van der Waals surface area (Å²) in [6.07, 6.45) is 4.85. The first-order valence-electron chi connectivity index (χ1n) is 16.0. The number of hydrogen-bond donors (Lipinski definition) is 1. The van der Waals surface area contributed by atoms with Gasteiger partial charge < -0.3 is 9.52 Å². The third-order valence-corrected chi connectivity index (χ3v) is 10.8. The van der Waals surface area contributed by atoms with Crippen molar-refractivity contribution in [1.82, 2.24) is 4.98 Å². The maximum Gasteiger partial charge on any atom is 0.251 e. The number of alkyl halides is 2. The number of nitriles is 1. The molecule has 2 aromatic heterocycles. The number of Topliss-reactive ketones (excluding diaryl/α,β-unsaturated/α-hetero) is 2. The molecule has 1 unspecified atom stereocenters. The number of aromatic nitrogens is 1. The van der Waals surface area contributed by atoms with Crippen LogP contribution in [0.5, 0.6) is 0 Å². The maximum absolute atomic E-state index is 14.2. The molecule has 46 heavy (non-hydrogen) atoms. The van der Waals surface area contributed by atoms with Crippen molar-refractivity contribution in [1.29, 1.82) is 5.26 Å². The van der Waals surface area contributed by atoms with Crippen LogP contribution in [0.25, 0.3) is 22.4 Å². The molecule has 3 aliphatic rings. The molecule has 2 fully saturated rings. The van der Waals surface area contributed by atoms with E-state index < -0.39 is 35.2 Å². The fraction of sp³-hybridized carbons (Fsp3) is 0.514. The van der Waals surface area contributed by atoms with Gasteiger partial charge in [0.1, 0.15) is 11.3 Å². The van der Waals surface area contributed by atoms with Gasteiger partial charge in [0, 0.05) is 53.3 Å². The number of rotatable bonds is 7. The van der Waals surface area contributed by atoms with Crippen molar-refractivity contribution in [2.45, 2.75) is 102 Å². The van der Waals surface area contributed by atoms with Crippen LogP contribution < -0.4 is 0 Å². The number of ketones is 2. The van der Waals surface area contributed by atoms with Crippen molar-refractivity contribution in [2.75, 3.05) is 0 Å². The highest BCUT2D eigenvalue weighted by molar-refractivity contribution is 6.31. The van der Waals surface area contributed by atoms with Crippen molar-refractivity contribution >= 4 is 34.3 Å². The molecule has 6 nitrogen and oxygen atoms in total. The molecule has 242 valence electrons. The monoisotopic (exact) mass is 648 g/mol. The fourth-order valence-corrected chi connectivity index (χ4v) is 7.72. The highest BCUT2D eigenvalue weighted by atomic mass is 35.5. The van der Waals surface area contributed by atoms with Crippen molar-refractivity contribution in [3.05, 3.63) is 63.9 Å². The van der Waals surface area contributed by atoms with Gasteiger partial charge in [0.05, 0.1) is 22.8 Å². The van der Waals surface area contributed by atoms with E-state index in [0.717, 1.165) is 17.6 Å². The molecule has 3 aliphatic carbocycles. The molecule has 0 spiro atoms.